The highest BCUT2D eigenvalue weighted by atomic mass is 19.1. The average molecular weight is 489 g/mol. The van der Waals surface area contributed by atoms with E-state index in [2.05, 4.69) is 49.3 Å². The Labute approximate surface area is 213 Å². The molecule has 182 valence electrons. The molecule has 1 aliphatic rings. The van der Waals surface area contributed by atoms with Gasteiger partial charge in [-0.05, 0) is 79.0 Å². The molecule has 7 heteroatoms. The first-order valence-electron chi connectivity index (χ1n) is 12.6. The van der Waals surface area contributed by atoms with Gasteiger partial charge in [0.2, 0.25) is 0 Å². The van der Waals surface area contributed by atoms with Crippen LogP contribution in [0, 0.1) is 5.82 Å². The monoisotopic (exact) mass is 488 g/mol. The van der Waals surface area contributed by atoms with Crippen molar-refractivity contribution in [3.63, 3.8) is 0 Å². The molecule has 6 nitrogen and oxygen atoms in total. The number of benzene rings is 3. The second-order valence-corrected chi connectivity index (χ2v) is 9.70. The Morgan fingerprint density at radius 3 is 2.62 bits per heavy atom. The van der Waals surface area contributed by atoms with E-state index in [1.54, 1.807) is 6.07 Å². The van der Waals surface area contributed by atoms with Gasteiger partial charge >= 0.3 is 0 Å². The van der Waals surface area contributed by atoms with Crippen molar-refractivity contribution in [2.75, 3.05) is 13.1 Å². The van der Waals surface area contributed by atoms with Gasteiger partial charge in [0.15, 0.2) is 5.82 Å². The van der Waals surface area contributed by atoms with Crippen molar-refractivity contribution in [2.24, 2.45) is 0 Å². The lowest BCUT2D eigenvalue weighted by Crippen LogP contribution is -2.18. The zero-order valence-corrected chi connectivity index (χ0v) is 20.2. The van der Waals surface area contributed by atoms with Crippen LogP contribution in [0.4, 0.5) is 4.39 Å². The first-order valence-corrected chi connectivity index (χ1v) is 12.6. The van der Waals surface area contributed by atoms with E-state index >= 15 is 0 Å². The van der Waals surface area contributed by atoms with E-state index in [-0.39, 0.29) is 5.82 Å². The summed E-state index contributed by atoms with van der Waals surface area (Å²) in [7, 11) is 0. The number of aromatic amines is 2. The van der Waals surface area contributed by atoms with Gasteiger partial charge < -0.3 is 4.98 Å². The minimum Gasteiger partial charge on any atom is -0.337 e. The highest BCUT2D eigenvalue weighted by Crippen LogP contribution is 2.33. The number of H-pyrrole nitrogens is 2. The van der Waals surface area contributed by atoms with Gasteiger partial charge in [-0.3, -0.25) is 15.0 Å². The molecule has 3 aromatic carbocycles. The summed E-state index contributed by atoms with van der Waals surface area (Å²) in [5.74, 6) is 0.401. The predicted octanol–water partition coefficient (Wildman–Crippen LogP) is 6.57. The Morgan fingerprint density at radius 1 is 0.838 bits per heavy atom. The summed E-state index contributed by atoms with van der Waals surface area (Å²) in [6.45, 7) is 3.26. The molecule has 0 unspecified atom stereocenters. The zero-order chi connectivity index (χ0) is 24.8. The Kier molecular flexibility index (Phi) is 5.29. The number of imidazole rings is 1. The lowest BCUT2D eigenvalue weighted by atomic mass is 10.0. The third-order valence-corrected chi connectivity index (χ3v) is 7.17. The Morgan fingerprint density at radius 2 is 1.73 bits per heavy atom. The van der Waals surface area contributed by atoms with Crippen molar-refractivity contribution in [1.82, 2.24) is 30.0 Å². The van der Waals surface area contributed by atoms with Crippen LogP contribution in [0.3, 0.4) is 0 Å². The second-order valence-electron chi connectivity index (χ2n) is 9.70. The van der Waals surface area contributed by atoms with E-state index in [1.165, 1.54) is 30.5 Å². The lowest BCUT2D eigenvalue weighted by Gasteiger charge is -2.14. The van der Waals surface area contributed by atoms with Gasteiger partial charge in [0.25, 0.3) is 0 Å². The number of likely N-dealkylation sites (tertiary alicyclic amines) is 1. The molecule has 7 rings (SSSR count). The van der Waals surface area contributed by atoms with Crippen molar-refractivity contribution < 1.29 is 4.39 Å². The summed E-state index contributed by atoms with van der Waals surface area (Å²) in [5.41, 5.74) is 8.42. The van der Waals surface area contributed by atoms with E-state index in [0.29, 0.717) is 5.82 Å². The molecular weight excluding hydrogens is 463 g/mol. The maximum atomic E-state index is 13.9. The number of nitrogens with one attached hydrogen (secondary N) is 2. The third-order valence-electron chi connectivity index (χ3n) is 7.17. The Bertz CT molecular complexity index is 1740. The highest BCUT2D eigenvalue weighted by molar-refractivity contribution is 5.98. The van der Waals surface area contributed by atoms with Crippen LogP contribution >= 0.6 is 0 Å². The van der Waals surface area contributed by atoms with Crippen LogP contribution in [0.1, 0.15) is 18.4 Å². The van der Waals surface area contributed by atoms with Crippen molar-refractivity contribution in [3.05, 3.63) is 90.5 Å². The van der Waals surface area contributed by atoms with Gasteiger partial charge in [-0.25, -0.2) is 9.37 Å². The number of hydrogen-bond donors (Lipinski definition) is 2. The van der Waals surface area contributed by atoms with Crippen molar-refractivity contribution >= 4 is 21.9 Å². The molecule has 0 bridgehead atoms. The smallest absolute Gasteiger partial charge is 0.159 e. The van der Waals surface area contributed by atoms with Crippen LogP contribution in [-0.2, 0) is 6.54 Å². The Balaban J connectivity index is 1.28. The van der Waals surface area contributed by atoms with Gasteiger partial charge in [-0.2, -0.15) is 5.10 Å². The van der Waals surface area contributed by atoms with Gasteiger partial charge in [-0.15, -0.1) is 0 Å². The number of hydrogen-bond acceptors (Lipinski definition) is 4. The van der Waals surface area contributed by atoms with Gasteiger partial charge in [0.05, 0.1) is 16.6 Å². The summed E-state index contributed by atoms with van der Waals surface area (Å²) < 4.78 is 13.9. The quantitative estimate of drug-likeness (QED) is 0.288. The van der Waals surface area contributed by atoms with Crippen molar-refractivity contribution in [2.45, 2.75) is 19.4 Å². The van der Waals surface area contributed by atoms with E-state index < -0.39 is 0 Å². The zero-order valence-electron chi connectivity index (χ0n) is 20.2. The molecule has 0 aliphatic carbocycles. The van der Waals surface area contributed by atoms with Gasteiger partial charge in [0.1, 0.15) is 11.5 Å². The minimum atomic E-state index is -0.268. The number of halogens is 1. The molecule has 1 saturated heterocycles. The predicted molar refractivity (Wildman–Crippen MR) is 144 cm³/mol. The molecule has 0 amide bonds. The van der Waals surface area contributed by atoms with Crippen LogP contribution in [0.5, 0.6) is 0 Å². The summed E-state index contributed by atoms with van der Waals surface area (Å²) in [6, 6.07) is 21.0. The summed E-state index contributed by atoms with van der Waals surface area (Å²) >= 11 is 0. The van der Waals surface area contributed by atoms with Crippen LogP contribution in [0.15, 0.2) is 79.1 Å². The van der Waals surface area contributed by atoms with Crippen molar-refractivity contribution in [1.29, 1.82) is 0 Å². The molecule has 2 N–H and O–H groups in total. The number of fused-ring (bicyclic) bond motifs is 2. The maximum Gasteiger partial charge on any atom is 0.159 e. The molecule has 1 fully saturated rings. The summed E-state index contributed by atoms with van der Waals surface area (Å²) in [4.78, 5) is 15.3. The van der Waals surface area contributed by atoms with Crippen LogP contribution in [-0.4, -0.2) is 43.1 Å². The van der Waals surface area contributed by atoms with E-state index in [4.69, 9.17) is 4.98 Å². The number of nitrogens with zero attached hydrogens (tertiary/aromatic N) is 4. The summed E-state index contributed by atoms with van der Waals surface area (Å²) in [5, 5.41) is 8.72. The molecule has 3 aromatic heterocycles. The molecule has 0 atom stereocenters. The van der Waals surface area contributed by atoms with Crippen LogP contribution in [0.25, 0.3) is 55.7 Å². The Hall–Kier alpha value is -4.36. The number of rotatable bonds is 5. The molecule has 0 saturated carbocycles. The number of aromatic nitrogens is 5. The fourth-order valence-corrected chi connectivity index (χ4v) is 5.34. The molecule has 4 heterocycles. The van der Waals surface area contributed by atoms with Crippen LogP contribution < -0.4 is 0 Å². The van der Waals surface area contributed by atoms with E-state index in [0.717, 1.165) is 69.5 Å². The fraction of sp³-hybridized carbons (Fsp3) is 0.167. The van der Waals surface area contributed by atoms with Crippen molar-refractivity contribution in [3.8, 4) is 33.8 Å². The molecule has 0 radical (unpaired) electrons. The molecule has 1 aliphatic heterocycles. The normalized spacial score (nSPS) is 14.2. The molecule has 37 heavy (non-hydrogen) atoms. The largest absolute Gasteiger partial charge is 0.337 e. The molecule has 0 spiro atoms. The lowest BCUT2D eigenvalue weighted by molar-refractivity contribution is 0.331. The number of pyridine rings is 1. The highest BCUT2D eigenvalue weighted by Gasteiger charge is 2.17. The second kappa shape index (κ2) is 8.94. The van der Waals surface area contributed by atoms with Gasteiger partial charge in [-0.1, -0.05) is 30.3 Å². The fourth-order valence-electron chi connectivity index (χ4n) is 5.34. The van der Waals surface area contributed by atoms with E-state index in [1.807, 2.05) is 36.7 Å². The first kappa shape index (κ1) is 21.9. The molecule has 6 aromatic rings. The third kappa shape index (κ3) is 4.07. The SMILES string of the molecule is Fc1cccc(-c2cccc3[nH]c(-c4n[nH]c5ccc(-c6cncc(CN7CCCC7)c6)cc45)nc23)c1. The van der Waals surface area contributed by atoms with Gasteiger partial charge in [0, 0.05) is 35.5 Å². The minimum absolute atomic E-state index is 0.268. The average Bonchev–Trinajstić information content (AvgIpc) is 3.67. The first-order chi connectivity index (χ1) is 18.2. The van der Waals surface area contributed by atoms with E-state index in [9.17, 15) is 4.39 Å². The topological polar surface area (TPSA) is 73.5 Å². The standard InChI is InChI=1S/C30H25FN6/c31-23-6-3-5-21(14-23)24-7-4-8-27-28(24)34-30(33-27)29-25-15-20(9-10-26(25)35-36-29)22-13-19(16-32-17-22)18-37-11-1-2-12-37/h3-10,13-17H,1-2,11-12,18H2,(H,33,34)(H,35,36). The summed E-state index contributed by atoms with van der Waals surface area (Å²) in [6.07, 6.45) is 6.44. The maximum absolute atomic E-state index is 13.9. The number of para-hydroxylation sites is 1. The molecular formula is C30H25FN6. The van der Waals surface area contributed by atoms with Crippen LogP contribution in [0.2, 0.25) is 0 Å².